The Hall–Kier alpha value is -2.84. The lowest BCUT2D eigenvalue weighted by molar-refractivity contribution is 0.0947. The molecule has 2 heterocycles. The predicted molar refractivity (Wildman–Crippen MR) is 129 cm³/mol. The van der Waals surface area contributed by atoms with Crippen LogP contribution in [0.2, 0.25) is 0 Å². The van der Waals surface area contributed by atoms with Gasteiger partial charge in [0, 0.05) is 44.8 Å². The van der Waals surface area contributed by atoms with E-state index in [9.17, 15) is 4.79 Å². The van der Waals surface area contributed by atoms with E-state index in [-0.39, 0.29) is 5.91 Å². The van der Waals surface area contributed by atoms with Crippen LogP contribution in [0.4, 0.5) is 5.13 Å². The van der Waals surface area contributed by atoms with Gasteiger partial charge in [-0.3, -0.25) is 9.69 Å². The average Bonchev–Trinajstić information content (AvgIpc) is 3.26. The molecule has 0 bridgehead atoms. The summed E-state index contributed by atoms with van der Waals surface area (Å²) in [6, 6.07) is 13.4. The number of anilines is 1. The van der Waals surface area contributed by atoms with E-state index in [1.54, 1.807) is 23.5 Å². The lowest BCUT2D eigenvalue weighted by atomic mass is 10.2. The maximum atomic E-state index is 12.4. The normalized spacial score (nSPS) is 14.5. The van der Waals surface area contributed by atoms with Crippen LogP contribution in [0.3, 0.4) is 0 Å². The highest BCUT2D eigenvalue weighted by atomic mass is 32.1. The van der Waals surface area contributed by atoms with Crippen molar-refractivity contribution in [3.8, 4) is 11.5 Å². The van der Waals surface area contributed by atoms with Gasteiger partial charge in [-0.15, -0.1) is 0 Å². The van der Waals surface area contributed by atoms with Gasteiger partial charge in [0.2, 0.25) is 0 Å². The number of hydrogen-bond donors (Lipinski definition) is 1. The molecule has 1 aliphatic heterocycles. The molecule has 170 valence electrons. The molecule has 0 aliphatic carbocycles. The zero-order valence-corrected chi connectivity index (χ0v) is 19.5. The molecule has 1 saturated heterocycles. The fraction of sp³-hybridized carbons (Fsp3) is 0.417. The number of aromatic nitrogens is 1. The number of piperazine rings is 1. The summed E-state index contributed by atoms with van der Waals surface area (Å²) in [6.07, 6.45) is 0. The highest BCUT2D eigenvalue weighted by Crippen LogP contribution is 2.34. The van der Waals surface area contributed by atoms with Crippen molar-refractivity contribution in [1.82, 2.24) is 15.2 Å². The molecular formula is C24H30N4O3S. The summed E-state index contributed by atoms with van der Waals surface area (Å²) >= 11 is 1.72. The number of fused-ring (bicyclic) bond motifs is 1. The van der Waals surface area contributed by atoms with Gasteiger partial charge in [-0.2, -0.15) is 0 Å². The van der Waals surface area contributed by atoms with E-state index in [1.807, 2.05) is 38.1 Å². The molecule has 1 amide bonds. The second-order valence-corrected chi connectivity index (χ2v) is 8.58. The Bertz CT molecular complexity index is 1030. The number of nitrogens with one attached hydrogen (secondary N) is 1. The smallest absolute Gasteiger partial charge is 0.251 e. The summed E-state index contributed by atoms with van der Waals surface area (Å²) in [7, 11) is 0. The molecule has 3 aromatic rings. The standard InChI is InChI=1S/C24H30N4O3S/c1-3-30-19-10-8-18(9-11-19)23(29)25-12-13-27-14-16-28(17-15-27)24-26-22-20(31-4-2)6-5-7-21(22)32-24/h5-11H,3-4,12-17H2,1-2H3,(H,25,29). The molecule has 32 heavy (non-hydrogen) atoms. The number of carbonyl (C=O) groups excluding carboxylic acids is 1. The molecule has 1 fully saturated rings. The lowest BCUT2D eigenvalue weighted by Crippen LogP contribution is -2.48. The zero-order valence-electron chi connectivity index (χ0n) is 18.7. The fourth-order valence-corrected chi connectivity index (χ4v) is 4.82. The Morgan fingerprint density at radius 3 is 2.50 bits per heavy atom. The van der Waals surface area contributed by atoms with Crippen molar-refractivity contribution < 1.29 is 14.3 Å². The summed E-state index contributed by atoms with van der Waals surface area (Å²) in [5.41, 5.74) is 1.61. The minimum atomic E-state index is -0.0498. The van der Waals surface area contributed by atoms with Crippen LogP contribution >= 0.6 is 11.3 Å². The number of rotatable bonds is 9. The average molecular weight is 455 g/mol. The van der Waals surface area contributed by atoms with Crippen molar-refractivity contribution >= 4 is 32.6 Å². The van der Waals surface area contributed by atoms with Crippen molar-refractivity contribution in [2.75, 3.05) is 57.4 Å². The van der Waals surface area contributed by atoms with E-state index < -0.39 is 0 Å². The van der Waals surface area contributed by atoms with Gasteiger partial charge < -0.3 is 19.7 Å². The van der Waals surface area contributed by atoms with Crippen LogP contribution in [0.25, 0.3) is 10.2 Å². The van der Waals surface area contributed by atoms with Crippen LogP contribution in [0.5, 0.6) is 11.5 Å². The molecule has 1 N–H and O–H groups in total. The monoisotopic (exact) mass is 454 g/mol. The van der Waals surface area contributed by atoms with Crippen molar-refractivity contribution in [2.24, 2.45) is 0 Å². The highest BCUT2D eigenvalue weighted by Gasteiger charge is 2.20. The molecule has 1 aromatic heterocycles. The summed E-state index contributed by atoms with van der Waals surface area (Å²) in [4.78, 5) is 21.9. The molecular weight excluding hydrogens is 424 g/mol. The van der Waals surface area contributed by atoms with Crippen LogP contribution < -0.4 is 19.7 Å². The van der Waals surface area contributed by atoms with E-state index in [1.165, 1.54) is 0 Å². The molecule has 4 rings (SSSR count). The van der Waals surface area contributed by atoms with Crippen LogP contribution in [-0.4, -0.2) is 68.3 Å². The largest absolute Gasteiger partial charge is 0.494 e. The van der Waals surface area contributed by atoms with Crippen LogP contribution in [-0.2, 0) is 0 Å². The molecule has 0 radical (unpaired) electrons. The van der Waals surface area contributed by atoms with Crippen LogP contribution in [0.15, 0.2) is 42.5 Å². The molecule has 0 unspecified atom stereocenters. The third kappa shape index (κ3) is 5.31. The van der Waals surface area contributed by atoms with Gasteiger partial charge in [-0.1, -0.05) is 17.4 Å². The maximum Gasteiger partial charge on any atom is 0.251 e. The zero-order chi connectivity index (χ0) is 22.3. The number of amides is 1. The Kier molecular flexibility index (Phi) is 7.44. The number of benzene rings is 2. The quantitative estimate of drug-likeness (QED) is 0.532. The predicted octanol–water partition coefficient (Wildman–Crippen LogP) is 3.65. The molecule has 8 heteroatoms. The molecule has 0 atom stereocenters. The van der Waals surface area contributed by atoms with Gasteiger partial charge in [0.05, 0.1) is 17.9 Å². The number of hydrogen-bond acceptors (Lipinski definition) is 7. The van der Waals surface area contributed by atoms with Gasteiger partial charge in [0.1, 0.15) is 17.0 Å². The van der Waals surface area contributed by atoms with E-state index in [2.05, 4.69) is 21.2 Å². The Morgan fingerprint density at radius 1 is 1.03 bits per heavy atom. The lowest BCUT2D eigenvalue weighted by Gasteiger charge is -2.34. The number of ether oxygens (including phenoxy) is 2. The number of para-hydroxylation sites is 1. The molecule has 7 nitrogen and oxygen atoms in total. The fourth-order valence-electron chi connectivity index (χ4n) is 3.78. The highest BCUT2D eigenvalue weighted by molar-refractivity contribution is 7.22. The van der Waals surface area contributed by atoms with Gasteiger partial charge in [0.25, 0.3) is 5.91 Å². The SMILES string of the molecule is CCOc1ccc(C(=O)NCCN2CCN(c3nc4c(OCC)cccc4s3)CC2)cc1. The van der Waals surface area contributed by atoms with Crippen LogP contribution in [0, 0.1) is 0 Å². The third-order valence-corrected chi connectivity index (χ3v) is 6.54. The Morgan fingerprint density at radius 2 is 1.78 bits per heavy atom. The maximum absolute atomic E-state index is 12.4. The molecule has 0 spiro atoms. The first-order valence-corrected chi connectivity index (χ1v) is 12.0. The summed E-state index contributed by atoms with van der Waals surface area (Å²) in [5.74, 6) is 1.59. The summed E-state index contributed by atoms with van der Waals surface area (Å²) in [5, 5.41) is 4.07. The second-order valence-electron chi connectivity index (χ2n) is 7.57. The molecule has 0 saturated carbocycles. The van der Waals surface area contributed by atoms with E-state index in [4.69, 9.17) is 14.5 Å². The van der Waals surface area contributed by atoms with Gasteiger partial charge in [0.15, 0.2) is 5.13 Å². The first-order valence-electron chi connectivity index (χ1n) is 11.2. The minimum Gasteiger partial charge on any atom is -0.494 e. The van der Waals surface area contributed by atoms with Crippen LogP contribution in [0.1, 0.15) is 24.2 Å². The Labute approximate surface area is 192 Å². The Balaban J connectivity index is 1.24. The topological polar surface area (TPSA) is 66.9 Å². The van der Waals surface area contributed by atoms with Gasteiger partial charge >= 0.3 is 0 Å². The summed E-state index contributed by atoms with van der Waals surface area (Å²) in [6.45, 7) is 10.4. The van der Waals surface area contributed by atoms with Gasteiger partial charge in [-0.05, 0) is 50.2 Å². The third-order valence-electron chi connectivity index (χ3n) is 5.45. The van der Waals surface area contributed by atoms with E-state index >= 15 is 0 Å². The van der Waals surface area contributed by atoms with Gasteiger partial charge in [-0.25, -0.2) is 4.98 Å². The second kappa shape index (κ2) is 10.7. The van der Waals surface area contributed by atoms with Crippen molar-refractivity contribution in [2.45, 2.75) is 13.8 Å². The number of carbonyl (C=O) groups is 1. The molecule has 2 aromatic carbocycles. The van der Waals surface area contributed by atoms with Crippen molar-refractivity contribution in [3.05, 3.63) is 48.0 Å². The molecule has 1 aliphatic rings. The number of nitrogens with zero attached hydrogens (tertiary/aromatic N) is 3. The van der Waals surface area contributed by atoms with Crippen molar-refractivity contribution in [1.29, 1.82) is 0 Å². The first kappa shape index (κ1) is 22.4. The first-order chi connectivity index (χ1) is 15.7. The summed E-state index contributed by atoms with van der Waals surface area (Å²) < 4.78 is 12.3. The number of thiazole rings is 1. The van der Waals surface area contributed by atoms with Crippen molar-refractivity contribution in [3.63, 3.8) is 0 Å². The van der Waals surface area contributed by atoms with E-state index in [0.29, 0.717) is 25.3 Å². The van der Waals surface area contributed by atoms with E-state index in [0.717, 1.165) is 59.6 Å². The minimum absolute atomic E-state index is 0.0498.